The highest BCUT2D eigenvalue weighted by Gasteiger charge is 2.25. The van der Waals surface area contributed by atoms with Gasteiger partial charge in [0.2, 0.25) is 0 Å². The van der Waals surface area contributed by atoms with Crippen molar-refractivity contribution in [3.63, 3.8) is 0 Å². The predicted molar refractivity (Wildman–Crippen MR) is 115 cm³/mol. The van der Waals surface area contributed by atoms with E-state index < -0.39 is 5.97 Å². The van der Waals surface area contributed by atoms with Gasteiger partial charge in [-0.15, -0.1) is 0 Å². The molecule has 30 heavy (non-hydrogen) atoms. The molecular weight excluding hydrogens is 382 g/mol. The zero-order valence-corrected chi connectivity index (χ0v) is 17.3. The van der Waals surface area contributed by atoms with Crippen molar-refractivity contribution >= 4 is 17.7 Å². The summed E-state index contributed by atoms with van der Waals surface area (Å²) >= 11 is 0. The molecule has 1 fully saturated rings. The standard InChI is InChI=1S/C20H25N5O.C2H4O2/c26-20-18-16(10-13-22-20)19(23-15-8-11-21-12-9-15)25-17(24-18)7-6-14-4-2-1-3-5-14;1-2(3)4/h1-5,15,21H,6-13H2,(H,22,26)(H,23,24,25);1H3,(H,3,4). The number of hydrogen-bond donors (Lipinski definition) is 4. The molecule has 8 heteroatoms. The number of rotatable bonds is 5. The first kappa shape index (κ1) is 21.7. The number of aliphatic carboxylic acids is 1. The molecule has 0 aliphatic carbocycles. The van der Waals surface area contributed by atoms with Crippen LogP contribution in [0.2, 0.25) is 0 Å². The first-order valence-corrected chi connectivity index (χ1v) is 10.4. The molecule has 0 spiro atoms. The summed E-state index contributed by atoms with van der Waals surface area (Å²) in [4.78, 5) is 30.7. The second-order valence-electron chi connectivity index (χ2n) is 7.49. The SMILES string of the molecule is CC(=O)O.O=C1NCCc2c(NC3CCNCC3)nc(CCc3ccccc3)nc21. The average molecular weight is 412 g/mol. The van der Waals surface area contributed by atoms with Crippen LogP contribution in [-0.2, 0) is 24.1 Å². The number of carboxylic acids is 1. The maximum Gasteiger partial charge on any atom is 0.300 e. The summed E-state index contributed by atoms with van der Waals surface area (Å²) in [7, 11) is 0. The van der Waals surface area contributed by atoms with Crippen LogP contribution < -0.4 is 16.0 Å². The van der Waals surface area contributed by atoms with Crippen LogP contribution in [0.4, 0.5) is 5.82 Å². The van der Waals surface area contributed by atoms with Crippen LogP contribution in [0.1, 0.15) is 47.2 Å². The number of anilines is 1. The number of carboxylic acid groups (broad SMARTS) is 1. The van der Waals surface area contributed by atoms with Gasteiger partial charge in [0.05, 0.1) is 0 Å². The third-order valence-electron chi connectivity index (χ3n) is 5.09. The van der Waals surface area contributed by atoms with Crippen molar-refractivity contribution in [2.24, 2.45) is 0 Å². The molecule has 2 aliphatic heterocycles. The summed E-state index contributed by atoms with van der Waals surface area (Å²) in [6.45, 7) is 3.78. The van der Waals surface area contributed by atoms with Crippen LogP contribution in [0, 0.1) is 0 Å². The summed E-state index contributed by atoms with van der Waals surface area (Å²) in [5.74, 6) is 0.684. The summed E-state index contributed by atoms with van der Waals surface area (Å²) in [5.41, 5.74) is 2.77. The second-order valence-corrected chi connectivity index (χ2v) is 7.49. The molecule has 2 aromatic rings. The third kappa shape index (κ3) is 6.25. The average Bonchev–Trinajstić information content (AvgIpc) is 2.74. The quantitative estimate of drug-likeness (QED) is 0.593. The van der Waals surface area contributed by atoms with Gasteiger partial charge in [-0.05, 0) is 44.3 Å². The molecule has 4 N–H and O–H groups in total. The number of hydrogen-bond acceptors (Lipinski definition) is 6. The molecule has 0 bridgehead atoms. The molecule has 1 saturated heterocycles. The minimum Gasteiger partial charge on any atom is -0.481 e. The molecule has 8 nitrogen and oxygen atoms in total. The Morgan fingerprint density at radius 1 is 1.13 bits per heavy atom. The Balaban J connectivity index is 0.000000589. The maximum atomic E-state index is 12.3. The van der Waals surface area contributed by atoms with Crippen molar-refractivity contribution in [3.05, 3.63) is 53.0 Å². The molecule has 1 aromatic heterocycles. The Labute approximate surface area is 176 Å². The van der Waals surface area contributed by atoms with E-state index in [4.69, 9.17) is 14.9 Å². The smallest absolute Gasteiger partial charge is 0.300 e. The molecule has 0 radical (unpaired) electrons. The van der Waals surface area contributed by atoms with Crippen molar-refractivity contribution < 1.29 is 14.7 Å². The van der Waals surface area contributed by atoms with Gasteiger partial charge < -0.3 is 21.1 Å². The third-order valence-corrected chi connectivity index (χ3v) is 5.09. The number of amides is 1. The van der Waals surface area contributed by atoms with E-state index in [1.54, 1.807) is 0 Å². The van der Waals surface area contributed by atoms with Crippen molar-refractivity contribution in [2.75, 3.05) is 25.0 Å². The largest absolute Gasteiger partial charge is 0.481 e. The van der Waals surface area contributed by atoms with Gasteiger partial charge in [0.25, 0.3) is 11.9 Å². The lowest BCUT2D eigenvalue weighted by molar-refractivity contribution is -0.134. The molecule has 0 saturated carbocycles. The van der Waals surface area contributed by atoms with Crippen LogP contribution in [-0.4, -0.2) is 52.6 Å². The van der Waals surface area contributed by atoms with E-state index in [-0.39, 0.29) is 5.91 Å². The second kappa shape index (κ2) is 10.7. The summed E-state index contributed by atoms with van der Waals surface area (Å²) in [6, 6.07) is 10.7. The van der Waals surface area contributed by atoms with Gasteiger partial charge in [0.1, 0.15) is 17.3 Å². The van der Waals surface area contributed by atoms with Crippen molar-refractivity contribution in [3.8, 4) is 0 Å². The Morgan fingerprint density at radius 3 is 2.53 bits per heavy atom. The van der Waals surface area contributed by atoms with Gasteiger partial charge in [-0.3, -0.25) is 9.59 Å². The molecule has 160 valence electrons. The maximum absolute atomic E-state index is 12.3. The van der Waals surface area contributed by atoms with E-state index in [0.717, 1.165) is 69.3 Å². The van der Waals surface area contributed by atoms with E-state index in [1.165, 1.54) is 5.56 Å². The van der Waals surface area contributed by atoms with Crippen LogP contribution in [0.15, 0.2) is 30.3 Å². The fourth-order valence-electron chi connectivity index (χ4n) is 3.63. The Kier molecular flexibility index (Phi) is 7.73. The number of aryl methyl sites for hydroxylation is 2. The number of benzene rings is 1. The number of carbonyl (C=O) groups is 2. The molecule has 3 heterocycles. The molecule has 0 unspecified atom stereocenters. The van der Waals surface area contributed by atoms with Gasteiger partial charge in [-0.2, -0.15) is 0 Å². The monoisotopic (exact) mass is 411 g/mol. The number of carbonyl (C=O) groups excluding carboxylic acids is 1. The number of nitrogens with one attached hydrogen (secondary N) is 3. The minimum absolute atomic E-state index is 0.0806. The highest BCUT2D eigenvalue weighted by molar-refractivity contribution is 5.96. The Morgan fingerprint density at radius 2 is 1.83 bits per heavy atom. The number of fused-ring (bicyclic) bond motifs is 1. The number of aromatic nitrogens is 2. The number of piperidine rings is 1. The first-order valence-electron chi connectivity index (χ1n) is 10.4. The van der Waals surface area contributed by atoms with Gasteiger partial charge in [-0.1, -0.05) is 30.3 Å². The normalized spacial score (nSPS) is 16.0. The van der Waals surface area contributed by atoms with Gasteiger partial charge >= 0.3 is 0 Å². The highest BCUT2D eigenvalue weighted by atomic mass is 16.4. The lowest BCUT2D eigenvalue weighted by atomic mass is 10.0. The van der Waals surface area contributed by atoms with Crippen LogP contribution in [0.25, 0.3) is 0 Å². The van der Waals surface area contributed by atoms with Gasteiger partial charge in [0.15, 0.2) is 0 Å². The van der Waals surface area contributed by atoms with Crippen LogP contribution in [0.5, 0.6) is 0 Å². The van der Waals surface area contributed by atoms with Crippen LogP contribution >= 0.6 is 0 Å². The minimum atomic E-state index is -0.833. The van der Waals surface area contributed by atoms with E-state index in [1.807, 2.05) is 18.2 Å². The first-order chi connectivity index (χ1) is 14.5. The van der Waals surface area contributed by atoms with E-state index in [0.29, 0.717) is 18.3 Å². The summed E-state index contributed by atoms with van der Waals surface area (Å²) in [5, 5.41) is 17.3. The lowest BCUT2D eigenvalue weighted by Gasteiger charge is -2.27. The number of nitrogens with zero attached hydrogens (tertiary/aromatic N) is 2. The highest BCUT2D eigenvalue weighted by Crippen LogP contribution is 2.23. The Bertz CT molecular complexity index is 863. The lowest BCUT2D eigenvalue weighted by Crippen LogP contribution is -2.38. The zero-order chi connectivity index (χ0) is 21.3. The molecule has 4 rings (SSSR count). The summed E-state index contributed by atoms with van der Waals surface area (Å²) in [6.07, 6.45) is 4.53. The van der Waals surface area contributed by atoms with E-state index in [2.05, 4.69) is 33.1 Å². The Hall–Kier alpha value is -3.00. The topological polar surface area (TPSA) is 116 Å². The van der Waals surface area contributed by atoms with E-state index >= 15 is 0 Å². The molecule has 1 aromatic carbocycles. The van der Waals surface area contributed by atoms with Crippen molar-refractivity contribution in [1.29, 1.82) is 0 Å². The molecule has 1 amide bonds. The summed E-state index contributed by atoms with van der Waals surface area (Å²) < 4.78 is 0. The molecular formula is C22H29N5O3. The molecule has 2 aliphatic rings. The van der Waals surface area contributed by atoms with Gasteiger partial charge in [-0.25, -0.2) is 9.97 Å². The predicted octanol–water partition coefficient (Wildman–Crippen LogP) is 1.80. The van der Waals surface area contributed by atoms with Crippen LogP contribution in [0.3, 0.4) is 0 Å². The van der Waals surface area contributed by atoms with Gasteiger partial charge in [0, 0.05) is 31.5 Å². The fraction of sp³-hybridized carbons (Fsp3) is 0.455. The van der Waals surface area contributed by atoms with E-state index in [9.17, 15) is 4.79 Å². The fourth-order valence-corrected chi connectivity index (χ4v) is 3.63. The zero-order valence-electron chi connectivity index (χ0n) is 17.3. The molecule has 0 atom stereocenters. The van der Waals surface area contributed by atoms with Crippen molar-refractivity contribution in [1.82, 2.24) is 20.6 Å². The van der Waals surface area contributed by atoms with Crippen molar-refractivity contribution in [2.45, 2.75) is 45.1 Å².